The average molecular weight is 384 g/mol. The lowest BCUT2D eigenvalue weighted by Gasteiger charge is -2.33. The zero-order chi connectivity index (χ0) is 19.5. The van der Waals surface area contributed by atoms with E-state index in [2.05, 4.69) is 25.6 Å². The van der Waals surface area contributed by atoms with E-state index in [-0.39, 0.29) is 11.8 Å². The quantitative estimate of drug-likeness (QED) is 0.831. The highest BCUT2D eigenvalue weighted by Crippen LogP contribution is 2.24. The second-order valence-electron chi connectivity index (χ2n) is 8.00. The SMILES string of the molecule is CC(C)C(C(=O)N1CCC(N2CCNCC2)C1)n1nnc(-c2ccccc2)n1. The highest BCUT2D eigenvalue weighted by molar-refractivity contribution is 5.80. The Morgan fingerprint density at radius 3 is 2.61 bits per heavy atom. The Kier molecular flexibility index (Phi) is 5.68. The van der Waals surface area contributed by atoms with Crippen molar-refractivity contribution in [2.24, 2.45) is 5.92 Å². The maximum absolute atomic E-state index is 13.3. The summed E-state index contributed by atoms with van der Waals surface area (Å²) in [5, 5.41) is 16.3. The van der Waals surface area contributed by atoms with Crippen LogP contribution >= 0.6 is 0 Å². The summed E-state index contributed by atoms with van der Waals surface area (Å²) in [7, 11) is 0. The topological polar surface area (TPSA) is 79.2 Å². The molecule has 1 amide bonds. The molecule has 4 rings (SSSR count). The van der Waals surface area contributed by atoms with Gasteiger partial charge in [-0.25, -0.2) is 0 Å². The first kappa shape index (κ1) is 19.0. The summed E-state index contributed by atoms with van der Waals surface area (Å²) in [4.78, 5) is 19.3. The third kappa shape index (κ3) is 3.93. The Bertz CT molecular complexity index is 785. The van der Waals surface area contributed by atoms with Crippen LogP contribution in [-0.2, 0) is 4.79 Å². The predicted octanol–water partition coefficient (Wildman–Crippen LogP) is 1.04. The van der Waals surface area contributed by atoms with Crippen LogP contribution in [0.15, 0.2) is 30.3 Å². The van der Waals surface area contributed by atoms with Gasteiger partial charge in [-0.2, -0.15) is 4.80 Å². The number of carbonyl (C=O) groups excluding carboxylic acids is 1. The molecule has 0 radical (unpaired) electrons. The van der Waals surface area contributed by atoms with Gasteiger partial charge in [0, 0.05) is 50.9 Å². The minimum atomic E-state index is -0.424. The van der Waals surface area contributed by atoms with E-state index in [1.807, 2.05) is 49.1 Å². The Labute approximate surface area is 165 Å². The van der Waals surface area contributed by atoms with Gasteiger partial charge in [-0.3, -0.25) is 9.69 Å². The fourth-order valence-corrected chi connectivity index (χ4v) is 4.17. The molecule has 150 valence electrons. The molecule has 2 fully saturated rings. The lowest BCUT2D eigenvalue weighted by Crippen LogP contribution is -2.49. The Morgan fingerprint density at radius 1 is 1.14 bits per heavy atom. The lowest BCUT2D eigenvalue weighted by molar-refractivity contribution is -0.136. The molecule has 2 saturated heterocycles. The maximum atomic E-state index is 13.3. The van der Waals surface area contributed by atoms with Crippen LogP contribution in [0.4, 0.5) is 0 Å². The van der Waals surface area contributed by atoms with Crippen LogP contribution in [0.3, 0.4) is 0 Å². The third-order valence-electron chi connectivity index (χ3n) is 5.74. The average Bonchev–Trinajstić information content (AvgIpc) is 3.39. The zero-order valence-electron chi connectivity index (χ0n) is 16.7. The molecule has 3 heterocycles. The smallest absolute Gasteiger partial charge is 0.249 e. The summed E-state index contributed by atoms with van der Waals surface area (Å²) in [5.41, 5.74) is 0.906. The maximum Gasteiger partial charge on any atom is 0.249 e. The van der Waals surface area contributed by atoms with Crippen LogP contribution in [0.2, 0.25) is 0 Å². The summed E-state index contributed by atoms with van der Waals surface area (Å²) >= 11 is 0. The minimum absolute atomic E-state index is 0.0866. The first-order valence-electron chi connectivity index (χ1n) is 10.2. The molecule has 2 aromatic rings. The largest absolute Gasteiger partial charge is 0.339 e. The van der Waals surface area contributed by atoms with E-state index < -0.39 is 6.04 Å². The number of tetrazole rings is 1. The number of hydrogen-bond donors (Lipinski definition) is 1. The number of nitrogens with one attached hydrogen (secondary N) is 1. The second-order valence-corrected chi connectivity index (χ2v) is 8.00. The summed E-state index contributed by atoms with van der Waals surface area (Å²) in [6.45, 7) is 9.86. The molecule has 2 aliphatic heterocycles. The van der Waals surface area contributed by atoms with Crippen molar-refractivity contribution in [3.05, 3.63) is 30.3 Å². The molecule has 0 saturated carbocycles. The number of nitrogens with zero attached hydrogens (tertiary/aromatic N) is 6. The molecule has 2 aliphatic rings. The van der Waals surface area contributed by atoms with Gasteiger partial charge in [-0.15, -0.1) is 10.2 Å². The van der Waals surface area contributed by atoms with E-state index in [1.54, 1.807) is 0 Å². The second kappa shape index (κ2) is 8.36. The van der Waals surface area contributed by atoms with Crippen LogP contribution in [-0.4, -0.2) is 81.2 Å². The van der Waals surface area contributed by atoms with E-state index in [9.17, 15) is 4.79 Å². The summed E-state index contributed by atoms with van der Waals surface area (Å²) in [6, 6.07) is 9.78. The molecule has 0 bridgehead atoms. The van der Waals surface area contributed by atoms with Crippen molar-refractivity contribution in [1.29, 1.82) is 0 Å². The van der Waals surface area contributed by atoms with Crippen LogP contribution in [0.1, 0.15) is 26.3 Å². The summed E-state index contributed by atoms with van der Waals surface area (Å²) < 4.78 is 0. The van der Waals surface area contributed by atoms with Crippen LogP contribution < -0.4 is 5.32 Å². The number of carbonyl (C=O) groups is 1. The van der Waals surface area contributed by atoms with E-state index in [0.29, 0.717) is 11.9 Å². The Hall–Kier alpha value is -2.32. The van der Waals surface area contributed by atoms with Crippen molar-refractivity contribution in [2.75, 3.05) is 39.3 Å². The number of aromatic nitrogens is 4. The van der Waals surface area contributed by atoms with Gasteiger partial charge in [-0.05, 0) is 17.6 Å². The molecule has 8 heteroatoms. The standard InChI is InChI=1S/C20H29N7O/c1-15(2)18(27-23-19(22-24-27)16-6-4-3-5-7-16)20(28)26-11-8-17(14-26)25-12-9-21-10-13-25/h3-7,15,17-18,21H,8-14H2,1-2H3. The summed E-state index contributed by atoms with van der Waals surface area (Å²) in [5.74, 6) is 0.743. The molecule has 1 aromatic carbocycles. The third-order valence-corrected chi connectivity index (χ3v) is 5.74. The normalized spacial score (nSPS) is 22.0. The molecular formula is C20H29N7O. The van der Waals surface area contributed by atoms with Crippen molar-refractivity contribution >= 4 is 5.91 Å². The van der Waals surface area contributed by atoms with Gasteiger partial charge in [0.2, 0.25) is 11.7 Å². The zero-order valence-corrected chi connectivity index (χ0v) is 16.7. The highest BCUT2D eigenvalue weighted by atomic mass is 16.2. The van der Waals surface area contributed by atoms with E-state index in [1.165, 1.54) is 4.80 Å². The number of likely N-dealkylation sites (tertiary alicyclic amines) is 1. The van der Waals surface area contributed by atoms with Gasteiger partial charge in [0.1, 0.15) is 0 Å². The van der Waals surface area contributed by atoms with Gasteiger partial charge in [-0.1, -0.05) is 44.2 Å². The summed E-state index contributed by atoms with van der Waals surface area (Å²) in [6.07, 6.45) is 1.04. The predicted molar refractivity (Wildman–Crippen MR) is 107 cm³/mol. The molecule has 1 N–H and O–H groups in total. The highest BCUT2D eigenvalue weighted by Gasteiger charge is 2.36. The first-order valence-corrected chi connectivity index (χ1v) is 10.2. The fourth-order valence-electron chi connectivity index (χ4n) is 4.17. The van der Waals surface area contributed by atoms with Gasteiger partial charge < -0.3 is 10.2 Å². The van der Waals surface area contributed by atoms with Gasteiger partial charge in [0.15, 0.2) is 6.04 Å². The molecule has 0 spiro atoms. The molecule has 8 nitrogen and oxygen atoms in total. The van der Waals surface area contributed by atoms with Crippen LogP contribution in [0.25, 0.3) is 11.4 Å². The van der Waals surface area contributed by atoms with Gasteiger partial charge in [0.25, 0.3) is 0 Å². The minimum Gasteiger partial charge on any atom is -0.339 e. The van der Waals surface area contributed by atoms with Crippen molar-refractivity contribution in [3.8, 4) is 11.4 Å². The van der Waals surface area contributed by atoms with E-state index in [0.717, 1.165) is 51.3 Å². The number of hydrogen-bond acceptors (Lipinski definition) is 6. The molecule has 2 unspecified atom stereocenters. The Balaban J connectivity index is 1.47. The van der Waals surface area contributed by atoms with Crippen molar-refractivity contribution in [1.82, 2.24) is 35.3 Å². The molecule has 2 atom stereocenters. The lowest BCUT2D eigenvalue weighted by atomic mass is 10.0. The molecule has 1 aromatic heterocycles. The van der Waals surface area contributed by atoms with Crippen molar-refractivity contribution < 1.29 is 4.79 Å². The Morgan fingerprint density at radius 2 is 1.89 bits per heavy atom. The number of benzene rings is 1. The first-order chi connectivity index (χ1) is 13.6. The number of piperazine rings is 1. The fraction of sp³-hybridized carbons (Fsp3) is 0.600. The van der Waals surface area contributed by atoms with E-state index >= 15 is 0 Å². The van der Waals surface area contributed by atoms with E-state index in [4.69, 9.17) is 0 Å². The monoisotopic (exact) mass is 383 g/mol. The van der Waals surface area contributed by atoms with Gasteiger partial charge >= 0.3 is 0 Å². The van der Waals surface area contributed by atoms with Gasteiger partial charge in [0.05, 0.1) is 0 Å². The van der Waals surface area contributed by atoms with Crippen molar-refractivity contribution in [2.45, 2.75) is 32.4 Å². The molecular weight excluding hydrogens is 354 g/mol. The number of rotatable bonds is 5. The van der Waals surface area contributed by atoms with Crippen LogP contribution in [0.5, 0.6) is 0 Å². The number of amides is 1. The molecule has 0 aliphatic carbocycles. The van der Waals surface area contributed by atoms with Crippen LogP contribution in [0, 0.1) is 5.92 Å². The molecule has 28 heavy (non-hydrogen) atoms. The van der Waals surface area contributed by atoms with Crippen molar-refractivity contribution in [3.63, 3.8) is 0 Å².